The molecular formula is C15H9BrClNOS. The largest absolute Gasteiger partial charge is 0.294 e. The van der Waals surface area contributed by atoms with Gasteiger partial charge in [-0.2, -0.15) is 0 Å². The Labute approximate surface area is 133 Å². The molecule has 0 aliphatic rings. The standard InChI is InChI=1S/C15H9BrClNOS/c16-9-5-6-11(17)10(7-9)13(19)8-15-18-12-3-1-2-4-14(12)20-15/h1-7H,8H2. The molecule has 0 atom stereocenters. The van der Waals surface area contributed by atoms with Gasteiger partial charge in [0.05, 0.1) is 21.7 Å². The van der Waals surface area contributed by atoms with E-state index in [0.717, 1.165) is 19.7 Å². The molecule has 0 saturated carbocycles. The van der Waals surface area contributed by atoms with E-state index in [1.807, 2.05) is 30.3 Å². The predicted octanol–water partition coefficient (Wildman–Crippen LogP) is 5.14. The third-order valence-electron chi connectivity index (χ3n) is 2.88. The van der Waals surface area contributed by atoms with Crippen LogP contribution in [0.3, 0.4) is 0 Å². The maximum absolute atomic E-state index is 12.3. The zero-order valence-corrected chi connectivity index (χ0v) is 13.4. The van der Waals surface area contributed by atoms with Crippen LogP contribution in [0.15, 0.2) is 46.9 Å². The Bertz CT molecular complexity index is 766. The minimum atomic E-state index is -0.0182. The van der Waals surface area contributed by atoms with Gasteiger partial charge < -0.3 is 0 Å². The van der Waals surface area contributed by atoms with Gasteiger partial charge in [0.15, 0.2) is 5.78 Å². The highest BCUT2D eigenvalue weighted by Crippen LogP contribution is 2.25. The molecule has 5 heteroatoms. The molecule has 0 saturated heterocycles. The normalized spacial score (nSPS) is 10.9. The summed E-state index contributed by atoms with van der Waals surface area (Å²) in [5.74, 6) is -0.0182. The fraction of sp³-hybridized carbons (Fsp3) is 0.0667. The van der Waals surface area contributed by atoms with Crippen LogP contribution in [0.4, 0.5) is 0 Å². The number of hydrogen-bond donors (Lipinski definition) is 0. The topological polar surface area (TPSA) is 30.0 Å². The van der Waals surface area contributed by atoms with Gasteiger partial charge in [-0.15, -0.1) is 11.3 Å². The molecule has 0 radical (unpaired) electrons. The van der Waals surface area contributed by atoms with Crippen molar-refractivity contribution >= 4 is 54.9 Å². The van der Waals surface area contributed by atoms with Crippen LogP contribution < -0.4 is 0 Å². The van der Waals surface area contributed by atoms with Gasteiger partial charge in [0.2, 0.25) is 0 Å². The van der Waals surface area contributed by atoms with Crippen LogP contribution in [-0.4, -0.2) is 10.8 Å². The quantitative estimate of drug-likeness (QED) is 0.601. The summed E-state index contributed by atoms with van der Waals surface area (Å²) in [5.41, 5.74) is 1.46. The summed E-state index contributed by atoms with van der Waals surface area (Å²) in [5, 5.41) is 1.28. The molecule has 3 rings (SSSR count). The Kier molecular flexibility index (Phi) is 3.87. The maximum atomic E-state index is 12.3. The average Bonchev–Trinajstić information content (AvgIpc) is 2.83. The number of halogens is 2. The van der Waals surface area contributed by atoms with E-state index in [0.29, 0.717) is 10.6 Å². The van der Waals surface area contributed by atoms with E-state index in [9.17, 15) is 4.79 Å². The van der Waals surface area contributed by atoms with Crippen LogP contribution in [0.25, 0.3) is 10.2 Å². The number of ketones is 1. The second kappa shape index (κ2) is 5.64. The highest BCUT2D eigenvalue weighted by molar-refractivity contribution is 9.10. The zero-order chi connectivity index (χ0) is 14.1. The van der Waals surface area contributed by atoms with Gasteiger partial charge in [-0.3, -0.25) is 4.79 Å². The molecule has 0 aliphatic heterocycles. The van der Waals surface area contributed by atoms with Crippen molar-refractivity contribution in [2.45, 2.75) is 6.42 Å². The van der Waals surface area contributed by atoms with E-state index in [-0.39, 0.29) is 12.2 Å². The fourth-order valence-electron chi connectivity index (χ4n) is 1.94. The van der Waals surface area contributed by atoms with E-state index in [2.05, 4.69) is 20.9 Å². The molecule has 0 bridgehead atoms. The number of carbonyl (C=O) groups is 1. The molecule has 1 aromatic heterocycles. The summed E-state index contributed by atoms with van der Waals surface area (Å²) in [7, 11) is 0. The van der Waals surface area contributed by atoms with E-state index < -0.39 is 0 Å². The van der Waals surface area contributed by atoms with Gasteiger partial charge in [-0.05, 0) is 30.3 Å². The minimum absolute atomic E-state index is 0.0182. The Balaban J connectivity index is 1.90. The van der Waals surface area contributed by atoms with Crippen molar-refractivity contribution in [3.8, 4) is 0 Å². The van der Waals surface area contributed by atoms with Crippen LogP contribution >= 0.6 is 38.9 Å². The second-order valence-electron chi connectivity index (χ2n) is 4.30. The number of thiazole rings is 1. The van der Waals surface area contributed by atoms with E-state index in [1.54, 1.807) is 23.5 Å². The van der Waals surface area contributed by atoms with Crippen LogP contribution in [0.5, 0.6) is 0 Å². The van der Waals surface area contributed by atoms with Gasteiger partial charge in [0, 0.05) is 10.0 Å². The van der Waals surface area contributed by atoms with Gasteiger partial charge in [0.1, 0.15) is 5.01 Å². The third-order valence-corrected chi connectivity index (χ3v) is 4.74. The summed E-state index contributed by atoms with van der Waals surface area (Å²) in [6.45, 7) is 0. The summed E-state index contributed by atoms with van der Waals surface area (Å²) in [4.78, 5) is 16.8. The molecular weight excluding hydrogens is 358 g/mol. The van der Waals surface area contributed by atoms with E-state index in [1.165, 1.54) is 0 Å². The molecule has 2 nitrogen and oxygen atoms in total. The lowest BCUT2D eigenvalue weighted by atomic mass is 10.1. The Morgan fingerprint density at radius 3 is 2.85 bits per heavy atom. The highest BCUT2D eigenvalue weighted by atomic mass is 79.9. The number of aromatic nitrogens is 1. The first kappa shape index (κ1) is 13.7. The minimum Gasteiger partial charge on any atom is -0.294 e. The molecule has 0 spiro atoms. The first-order chi connectivity index (χ1) is 9.63. The van der Waals surface area contributed by atoms with Crippen molar-refractivity contribution in [2.24, 2.45) is 0 Å². The summed E-state index contributed by atoms with van der Waals surface area (Å²) in [6, 6.07) is 13.2. The number of fused-ring (bicyclic) bond motifs is 1. The van der Waals surface area contributed by atoms with Gasteiger partial charge in [-0.1, -0.05) is 39.7 Å². The second-order valence-corrected chi connectivity index (χ2v) is 6.74. The number of rotatable bonds is 3. The van der Waals surface area contributed by atoms with Gasteiger partial charge >= 0.3 is 0 Å². The monoisotopic (exact) mass is 365 g/mol. The molecule has 2 aromatic carbocycles. The number of nitrogens with zero attached hydrogens (tertiary/aromatic N) is 1. The van der Waals surface area contributed by atoms with Crippen molar-refractivity contribution in [3.63, 3.8) is 0 Å². The van der Waals surface area contributed by atoms with Crippen molar-refractivity contribution in [3.05, 3.63) is 62.5 Å². The number of carbonyl (C=O) groups excluding carboxylic acids is 1. The molecule has 0 unspecified atom stereocenters. The molecule has 0 amide bonds. The van der Waals surface area contributed by atoms with Crippen LogP contribution in [0.1, 0.15) is 15.4 Å². The molecule has 0 N–H and O–H groups in total. The number of hydrogen-bond acceptors (Lipinski definition) is 3. The lowest BCUT2D eigenvalue weighted by Crippen LogP contribution is -2.04. The van der Waals surface area contributed by atoms with Crippen molar-refractivity contribution in [1.29, 1.82) is 0 Å². The van der Waals surface area contributed by atoms with E-state index in [4.69, 9.17) is 11.6 Å². The highest BCUT2D eigenvalue weighted by Gasteiger charge is 2.14. The fourth-order valence-corrected chi connectivity index (χ4v) is 3.49. The Hall–Kier alpha value is -1.23. The van der Waals surface area contributed by atoms with E-state index >= 15 is 0 Å². The van der Waals surface area contributed by atoms with Crippen LogP contribution in [0, 0.1) is 0 Å². The summed E-state index contributed by atoms with van der Waals surface area (Å²) < 4.78 is 1.94. The number of para-hydroxylation sites is 1. The summed E-state index contributed by atoms with van der Waals surface area (Å²) in [6.07, 6.45) is 0.273. The molecule has 1 heterocycles. The van der Waals surface area contributed by atoms with Gasteiger partial charge in [0.25, 0.3) is 0 Å². The van der Waals surface area contributed by atoms with Crippen molar-refractivity contribution in [2.75, 3.05) is 0 Å². The van der Waals surface area contributed by atoms with Crippen molar-refractivity contribution in [1.82, 2.24) is 4.98 Å². The average molecular weight is 367 g/mol. The molecule has 0 aliphatic carbocycles. The third kappa shape index (κ3) is 2.77. The zero-order valence-electron chi connectivity index (χ0n) is 10.3. The predicted molar refractivity (Wildman–Crippen MR) is 86.8 cm³/mol. The maximum Gasteiger partial charge on any atom is 0.171 e. The Morgan fingerprint density at radius 1 is 1.25 bits per heavy atom. The molecule has 0 fully saturated rings. The smallest absolute Gasteiger partial charge is 0.171 e. The van der Waals surface area contributed by atoms with Crippen LogP contribution in [-0.2, 0) is 6.42 Å². The lowest BCUT2D eigenvalue weighted by Gasteiger charge is -2.02. The van der Waals surface area contributed by atoms with Gasteiger partial charge in [-0.25, -0.2) is 4.98 Å². The molecule has 20 heavy (non-hydrogen) atoms. The number of Topliss-reactive ketones (excluding diaryl/α,β-unsaturated/α-hetero) is 1. The first-order valence-electron chi connectivity index (χ1n) is 5.96. The Morgan fingerprint density at radius 2 is 2.05 bits per heavy atom. The molecule has 3 aromatic rings. The van der Waals surface area contributed by atoms with Crippen LogP contribution in [0.2, 0.25) is 5.02 Å². The van der Waals surface area contributed by atoms with Crippen molar-refractivity contribution < 1.29 is 4.79 Å². The molecule has 100 valence electrons. The number of benzene rings is 2. The first-order valence-corrected chi connectivity index (χ1v) is 7.95. The summed E-state index contributed by atoms with van der Waals surface area (Å²) >= 11 is 11.0. The lowest BCUT2D eigenvalue weighted by molar-refractivity contribution is 0.0993. The SMILES string of the molecule is O=C(Cc1nc2ccccc2s1)c1cc(Br)ccc1Cl.